The van der Waals surface area contributed by atoms with Gasteiger partial charge in [0.1, 0.15) is 5.84 Å². The highest BCUT2D eigenvalue weighted by atomic mass is 15.1. The number of rotatable bonds is 3. The topological polar surface area (TPSA) is 27.1 Å². The standard InChI is InChI=1S/C9H14N2/c1-4-7-11(8-5-2)9(10)6-3/h4-8,10H,3H2,1-2H3/b7-4-,8-5+,10-9?. The first-order valence-electron chi connectivity index (χ1n) is 3.51. The normalized spacial score (nSPS) is 10.7. The van der Waals surface area contributed by atoms with Crippen molar-refractivity contribution in [2.45, 2.75) is 13.8 Å². The van der Waals surface area contributed by atoms with E-state index in [1.807, 2.05) is 38.4 Å². The maximum absolute atomic E-state index is 7.41. The Morgan fingerprint density at radius 1 is 1.27 bits per heavy atom. The van der Waals surface area contributed by atoms with Crippen LogP contribution in [-0.2, 0) is 0 Å². The molecule has 2 heteroatoms. The second-order valence-electron chi connectivity index (χ2n) is 1.96. The Morgan fingerprint density at radius 2 is 1.73 bits per heavy atom. The molecule has 0 atom stereocenters. The average molecular weight is 150 g/mol. The van der Waals surface area contributed by atoms with Gasteiger partial charge in [0.25, 0.3) is 0 Å². The molecule has 0 rings (SSSR count). The van der Waals surface area contributed by atoms with Crippen molar-refractivity contribution in [3.63, 3.8) is 0 Å². The van der Waals surface area contributed by atoms with Crippen LogP contribution in [0.3, 0.4) is 0 Å². The van der Waals surface area contributed by atoms with Crippen molar-refractivity contribution in [3.8, 4) is 0 Å². The fourth-order valence-corrected chi connectivity index (χ4v) is 0.637. The van der Waals surface area contributed by atoms with Gasteiger partial charge in [-0.05, 0) is 19.9 Å². The summed E-state index contributed by atoms with van der Waals surface area (Å²) in [5, 5.41) is 7.41. The molecule has 0 aromatic heterocycles. The number of amidine groups is 1. The lowest BCUT2D eigenvalue weighted by atomic mass is 10.4. The Kier molecular flexibility index (Phi) is 4.82. The molecule has 0 spiro atoms. The molecule has 2 nitrogen and oxygen atoms in total. The van der Waals surface area contributed by atoms with Crippen LogP contribution in [-0.4, -0.2) is 10.7 Å². The van der Waals surface area contributed by atoms with Crippen molar-refractivity contribution in [1.82, 2.24) is 4.90 Å². The molecule has 0 fully saturated rings. The third-order valence-electron chi connectivity index (χ3n) is 1.09. The zero-order valence-corrected chi connectivity index (χ0v) is 7.04. The molecule has 0 unspecified atom stereocenters. The maximum atomic E-state index is 7.41. The molecule has 0 aromatic rings. The predicted octanol–water partition coefficient (Wildman–Crippen LogP) is 2.52. The van der Waals surface area contributed by atoms with E-state index >= 15 is 0 Å². The van der Waals surface area contributed by atoms with Gasteiger partial charge >= 0.3 is 0 Å². The van der Waals surface area contributed by atoms with Crippen LogP contribution in [0.4, 0.5) is 0 Å². The van der Waals surface area contributed by atoms with E-state index in [2.05, 4.69) is 6.58 Å². The Hall–Kier alpha value is -1.31. The van der Waals surface area contributed by atoms with Crippen LogP contribution in [0.1, 0.15) is 13.8 Å². The van der Waals surface area contributed by atoms with Crippen molar-refractivity contribution in [1.29, 1.82) is 5.41 Å². The Morgan fingerprint density at radius 3 is 2.00 bits per heavy atom. The van der Waals surface area contributed by atoms with Crippen LogP contribution in [0.25, 0.3) is 0 Å². The van der Waals surface area contributed by atoms with E-state index in [9.17, 15) is 0 Å². The van der Waals surface area contributed by atoms with Gasteiger partial charge in [-0.1, -0.05) is 18.7 Å². The third-order valence-corrected chi connectivity index (χ3v) is 1.09. The van der Waals surface area contributed by atoms with Gasteiger partial charge in [-0.25, -0.2) is 0 Å². The van der Waals surface area contributed by atoms with Gasteiger partial charge in [-0.2, -0.15) is 0 Å². The zero-order chi connectivity index (χ0) is 8.69. The highest BCUT2D eigenvalue weighted by Gasteiger charge is 1.94. The third kappa shape index (κ3) is 3.40. The molecule has 0 bridgehead atoms. The molecule has 0 heterocycles. The zero-order valence-electron chi connectivity index (χ0n) is 7.04. The van der Waals surface area contributed by atoms with Crippen molar-refractivity contribution < 1.29 is 0 Å². The van der Waals surface area contributed by atoms with E-state index in [0.717, 1.165) is 0 Å². The lowest BCUT2D eigenvalue weighted by Crippen LogP contribution is -2.15. The lowest BCUT2D eigenvalue weighted by molar-refractivity contribution is 0.753. The van der Waals surface area contributed by atoms with Crippen LogP contribution in [0.2, 0.25) is 0 Å². The van der Waals surface area contributed by atoms with Gasteiger partial charge in [0.2, 0.25) is 0 Å². The van der Waals surface area contributed by atoms with Crippen LogP contribution >= 0.6 is 0 Å². The van der Waals surface area contributed by atoms with E-state index in [1.54, 1.807) is 4.90 Å². The van der Waals surface area contributed by atoms with E-state index in [-0.39, 0.29) is 0 Å². The highest BCUT2D eigenvalue weighted by molar-refractivity contribution is 5.91. The first kappa shape index (κ1) is 9.69. The van der Waals surface area contributed by atoms with Crippen molar-refractivity contribution >= 4 is 5.84 Å². The summed E-state index contributed by atoms with van der Waals surface area (Å²) in [5.41, 5.74) is 0. The molecule has 60 valence electrons. The molecule has 0 saturated carbocycles. The second-order valence-corrected chi connectivity index (χ2v) is 1.96. The smallest absolute Gasteiger partial charge is 0.128 e. The molecule has 0 amide bonds. The highest BCUT2D eigenvalue weighted by Crippen LogP contribution is 1.94. The first-order chi connectivity index (χ1) is 5.26. The van der Waals surface area contributed by atoms with Gasteiger partial charge < -0.3 is 4.90 Å². The molecule has 0 aliphatic carbocycles. The van der Waals surface area contributed by atoms with Gasteiger partial charge in [0.05, 0.1) is 0 Å². The fourth-order valence-electron chi connectivity index (χ4n) is 0.637. The minimum Gasteiger partial charge on any atom is -0.310 e. The number of hydrogen-bond donors (Lipinski definition) is 1. The Labute approximate surface area is 68.0 Å². The average Bonchev–Trinajstić information content (AvgIpc) is 2.03. The number of nitrogens with one attached hydrogen (secondary N) is 1. The quantitative estimate of drug-likeness (QED) is 0.485. The fraction of sp³-hybridized carbons (Fsp3) is 0.222. The van der Waals surface area contributed by atoms with Crippen LogP contribution in [0.15, 0.2) is 37.2 Å². The summed E-state index contributed by atoms with van der Waals surface area (Å²) < 4.78 is 0. The molecular weight excluding hydrogens is 136 g/mol. The van der Waals surface area contributed by atoms with Crippen molar-refractivity contribution in [2.75, 3.05) is 0 Å². The van der Waals surface area contributed by atoms with E-state index in [4.69, 9.17) is 5.41 Å². The lowest BCUT2D eigenvalue weighted by Gasteiger charge is -2.12. The first-order valence-corrected chi connectivity index (χ1v) is 3.51. The van der Waals surface area contributed by atoms with Gasteiger partial charge in [0, 0.05) is 12.4 Å². The van der Waals surface area contributed by atoms with Crippen LogP contribution < -0.4 is 0 Å². The summed E-state index contributed by atoms with van der Waals surface area (Å²) in [6, 6.07) is 0. The summed E-state index contributed by atoms with van der Waals surface area (Å²) in [7, 11) is 0. The Balaban J connectivity index is 4.32. The number of hydrogen-bond acceptors (Lipinski definition) is 1. The van der Waals surface area contributed by atoms with E-state index in [1.165, 1.54) is 6.08 Å². The second kappa shape index (κ2) is 5.47. The molecular formula is C9H14N2. The molecule has 1 N–H and O–H groups in total. The number of allylic oxidation sites excluding steroid dienone is 2. The minimum absolute atomic E-state index is 0.376. The maximum Gasteiger partial charge on any atom is 0.128 e. The number of nitrogens with zero attached hydrogens (tertiary/aromatic N) is 1. The molecule has 11 heavy (non-hydrogen) atoms. The van der Waals surface area contributed by atoms with E-state index < -0.39 is 0 Å². The van der Waals surface area contributed by atoms with Crippen molar-refractivity contribution in [2.24, 2.45) is 0 Å². The largest absolute Gasteiger partial charge is 0.310 e. The van der Waals surface area contributed by atoms with Crippen molar-refractivity contribution in [3.05, 3.63) is 37.2 Å². The molecule has 0 saturated heterocycles. The van der Waals surface area contributed by atoms with Gasteiger partial charge in [-0.3, -0.25) is 5.41 Å². The molecule has 0 radical (unpaired) electrons. The molecule has 0 aromatic carbocycles. The molecule has 0 aliphatic rings. The summed E-state index contributed by atoms with van der Waals surface area (Å²) in [6.07, 6.45) is 8.87. The summed E-state index contributed by atoms with van der Waals surface area (Å²) in [4.78, 5) is 1.69. The van der Waals surface area contributed by atoms with Crippen LogP contribution in [0.5, 0.6) is 0 Å². The van der Waals surface area contributed by atoms with E-state index in [0.29, 0.717) is 5.84 Å². The molecule has 0 aliphatic heterocycles. The van der Waals surface area contributed by atoms with Gasteiger partial charge in [0.15, 0.2) is 0 Å². The SMILES string of the molecule is C=CC(=N)N(/C=C\C)/C=C/C. The predicted molar refractivity (Wildman–Crippen MR) is 49.4 cm³/mol. The summed E-state index contributed by atoms with van der Waals surface area (Å²) in [6.45, 7) is 7.33. The van der Waals surface area contributed by atoms with Gasteiger partial charge in [-0.15, -0.1) is 0 Å². The summed E-state index contributed by atoms with van der Waals surface area (Å²) in [5.74, 6) is 0.376. The van der Waals surface area contributed by atoms with Crippen LogP contribution in [0, 0.1) is 5.41 Å². The summed E-state index contributed by atoms with van der Waals surface area (Å²) >= 11 is 0. The minimum atomic E-state index is 0.376. The Bertz CT molecular complexity index is 178. The monoisotopic (exact) mass is 150 g/mol.